The maximum Gasteiger partial charge on any atom is 0.156 e. The Bertz CT molecular complexity index is 577. The summed E-state index contributed by atoms with van der Waals surface area (Å²) in [5.41, 5.74) is 0.142. The quantitative estimate of drug-likeness (QED) is 0.735. The van der Waals surface area contributed by atoms with E-state index in [1.165, 1.54) is 0 Å². The molecule has 1 N–H and O–H groups in total. The molecule has 26 heavy (non-hydrogen) atoms. The van der Waals surface area contributed by atoms with Crippen LogP contribution in [0.5, 0.6) is 0 Å². The van der Waals surface area contributed by atoms with E-state index in [-0.39, 0.29) is 21.8 Å². The smallest absolute Gasteiger partial charge is 0.156 e. The van der Waals surface area contributed by atoms with E-state index in [2.05, 4.69) is 108 Å². The van der Waals surface area contributed by atoms with Crippen molar-refractivity contribution in [1.82, 2.24) is 29.9 Å². The summed E-state index contributed by atoms with van der Waals surface area (Å²) in [4.78, 5) is 8.79. The molecule has 148 valence electrons. The number of H-pyrrole nitrogens is 1. The van der Waals surface area contributed by atoms with Crippen LogP contribution in [-0.4, -0.2) is 29.9 Å². The summed E-state index contributed by atoms with van der Waals surface area (Å²) in [5, 5.41) is 11.7. The van der Waals surface area contributed by atoms with Gasteiger partial charge in [-0.15, -0.1) is 0 Å². The van der Waals surface area contributed by atoms with E-state index in [0.29, 0.717) is 0 Å². The van der Waals surface area contributed by atoms with Crippen LogP contribution in [0.15, 0.2) is 6.33 Å². The van der Waals surface area contributed by atoms with E-state index in [4.69, 9.17) is 0 Å². The standard InChI is InChI=1S/2C10H19N3/c1-9(2,3)8-11-7-13(12-8)10(4,5)6;1-9(2,3)7-11-8(13-12-7)10(4,5)6/h7H,1-6H3;1-6H3,(H,11,12,13). The van der Waals surface area contributed by atoms with E-state index in [0.717, 1.165) is 17.5 Å². The van der Waals surface area contributed by atoms with E-state index in [9.17, 15) is 0 Å². The Morgan fingerprint density at radius 3 is 1.46 bits per heavy atom. The molecule has 0 amide bonds. The van der Waals surface area contributed by atoms with Crippen LogP contribution in [-0.2, 0) is 21.8 Å². The minimum absolute atomic E-state index is 0.0243. The first-order valence-electron chi connectivity index (χ1n) is 9.28. The Hall–Kier alpha value is -1.72. The molecular weight excluding hydrogens is 324 g/mol. The number of nitrogens with one attached hydrogen (secondary N) is 1. The highest BCUT2D eigenvalue weighted by Crippen LogP contribution is 2.23. The maximum atomic E-state index is 4.49. The van der Waals surface area contributed by atoms with Crippen LogP contribution in [0, 0.1) is 0 Å². The van der Waals surface area contributed by atoms with Gasteiger partial charge in [0.05, 0.1) is 5.54 Å². The average Bonchev–Trinajstić information content (AvgIpc) is 3.06. The highest BCUT2D eigenvalue weighted by Gasteiger charge is 2.24. The summed E-state index contributed by atoms with van der Waals surface area (Å²) < 4.78 is 1.91. The van der Waals surface area contributed by atoms with Gasteiger partial charge in [-0.3, -0.25) is 5.10 Å². The summed E-state index contributed by atoms with van der Waals surface area (Å²) in [6.45, 7) is 25.4. The molecule has 0 fully saturated rings. The number of rotatable bonds is 0. The SMILES string of the molecule is CC(C)(C)c1n[nH]c(C(C)(C)C)n1.CC(C)(C)c1ncn(C(C)(C)C)n1. The second-order valence-electron chi connectivity index (χ2n) is 10.9. The molecule has 2 rings (SSSR count). The summed E-state index contributed by atoms with van der Waals surface area (Å²) in [5.74, 6) is 2.75. The molecule has 6 nitrogen and oxygen atoms in total. The fourth-order valence-electron chi connectivity index (χ4n) is 1.86. The van der Waals surface area contributed by atoms with E-state index < -0.39 is 0 Å². The minimum Gasteiger partial charge on any atom is -0.263 e. The van der Waals surface area contributed by atoms with Crippen molar-refractivity contribution in [1.29, 1.82) is 0 Å². The van der Waals surface area contributed by atoms with Gasteiger partial charge in [-0.1, -0.05) is 62.3 Å². The van der Waals surface area contributed by atoms with Crippen LogP contribution in [0.4, 0.5) is 0 Å². The number of aromatic nitrogens is 6. The van der Waals surface area contributed by atoms with Crippen LogP contribution >= 0.6 is 0 Å². The average molecular weight is 363 g/mol. The zero-order valence-electron chi connectivity index (χ0n) is 18.8. The van der Waals surface area contributed by atoms with Crippen molar-refractivity contribution in [3.8, 4) is 0 Å². The van der Waals surface area contributed by atoms with Gasteiger partial charge >= 0.3 is 0 Å². The molecule has 6 heteroatoms. The number of nitrogens with zero attached hydrogens (tertiary/aromatic N) is 5. The molecule has 0 saturated heterocycles. The zero-order valence-corrected chi connectivity index (χ0v) is 18.8. The maximum absolute atomic E-state index is 4.49. The number of hydrogen-bond acceptors (Lipinski definition) is 4. The molecule has 0 aromatic carbocycles. The normalized spacial score (nSPS) is 13.4. The summed E-state index contributed by atoms with van der Waals surface area (Å²) >= 11 is 0. The predicted molar refractivity (Wildman–Crippen MR) is 108 cm³/mol. The highest BCUT2D eigenvalue weighted by molar-refractivity contribution is 5.07. The van der Waals surface area contributed by atoms with Crippen molar-refractivity contribution >= 4 is 0 Å². The van der Waals surface area contributed by atoms with Crippen molar-refractivity contribution in [3.05, 3.63) is 23.8 Å². The van der Waals surface area contributed by atoms with Crippen LogP contribution in [0.25, 0.3) is 0 Å². The minimum atomic E-state index is 0.0243. The first-order valence-corrected chi connectivity index (χ1v) is 9.28. The Labute approximate surface area is 159 Å². The molecule has 0 unspecified atom stereocenters. The molecule has 0 radical (unpaired) electrons. The third-order valence-electron chi connectivity index (χ3n) is 3.72. The monoisotopic (exact) mass is 362 g/mol. The topological polar surface area (TPSA) is 72.3 Å². The lowest BCUT2D eigenvalue weighted by atomic mass is 9.94. The first kappa shape index (κ1) is 22.3. The third-order valence-corrected chi connectivity index (χ3v) is 3.72. The second-order valence-corrected chi connectivity index (χ2v) is 10.9. The molecule has 0 saturated carbocycles. The van der Waals surface area contributed by atoms with Crippen molar-refractivity contribution in [2.75, 3.05) is 0 Å². The first-order chi connectivity index (χ1) is 11.4. The lowest BCUT2D eigenvalue weighted by molar-refractivity contribution is 0.348. The zero-order chi connectivity index (χ0) is 20.6. The number of hydrogen-bond donors (Lipinski definition) is 1. The summed E-state index contributed by atoms with van der Waals surface area (Å²) in [6, 6.07) is 0. The van der Waals surface area contributed by atoms with E-state index >= 15 is 0 Å². The Balaban J connectivity index is 0.000000260. The van der Waals surface area contributed by atoms with Crippen LogP contribution in [0.2, 0.25) is 0 Å². The molecular formula is C20H38N6. The van der Waals surface area contributed by atoms with Gasteiger partial charge in [0, 0.05) is 16.2 Å². The van der Waals surface area contributed by atoms with Gasteiger partial charge in [0.2, 0.25) is 0 Å². The van der Waals surface area contributed by atoms with Crippen LogP contribution in [0.3, 0.4) is 0 Å². The van der Waals surface area contributed by atoms with Gasteiger partial charge < -0.3 is 0 Å². The van der Waals surface area contributed by atoms with Crippen molar-refractivity contribution < 1.29 is 0 Å². The fourth-order valence-corrected chi connectivity index (χ4v) is 1.86. The predicted octanol–water partition coefficient (Wildman–Crippen LogP) is 4.73. The molecule has 0 aliphatic heterocycles. The van der Waals surface area contributed by atoms with E-state index in [1.54, 1.807) is 6.33 Å². The largest absolute Gasteiger partial charge is 0.263 e. The third kappa shape index (κ3) is 6.22. The van der Waals surface area contributed by atoms with Gasteiger partial charge in [0.25, 0.3) is 0 Å². The van der Waals surface area contributed by atoms with Gasteiger partial charge in [-0.25, -0.2) is 14.6 Å². The van der Waals surface area contributed by atoms with Gasteiger partial charge in [-0.05, 0) is 20.8 Å². The highest BCUT2D eigenvalue weighted by atomic mass is 15.4. The molecule has 2 aromatic heterocycles. The van der Waals surface area contributed by atoms with E-state index in [1.807, 2.05) is 4.68 Å². The van der Waals surface area contributed by atoms with Gasteiger partial charge in [0.15, 0.2) is 11.6 Å². The van der Waals surface area contributed by atoms with Crippen molar-refractivity contribution in [2.24, 2.45) is 0 Å². The Morgan fingerprint density at radius 2 is 1.23 bits per heavy atom. The molecule has 0 atom stereocenters. The number of aromatic amines is 1. The van der Waals surface area contributed by atoms with Gasteiger partial charge in [0.1, 0.15) is 12.2 Å². The Kier molecular flexibility index (Phi) is 6.11. The fraction of sp³-hybridized carbons (Fsp3) is 0.800. The summed E-state index contributed by atoms with van der Waals surface area (Å²) in [6.07, 6.45) is 1.81. The summed E-state index contributed by atoms with van der Waals surface area (Å²) in [7, 11) is 0. The molecule has 0 spiro atoms. The molecule has 0 bridgehead atoms. The lowest BCUT2D eigenvalue weighted by Crippen LogP contribution is -2.23. The molecule has 0 aliphatic rings. The molecule has 2 heterocycles. The van der Waals surface area contributed by atoms with Crippen molar-refractivity contribution in [3.63, 3.8) is 0 Å². The lowest BCUT2D eigenvalue weighted by Gasteiger charge is -2.19. The van der Waals surface area contributed by atoms with Crippen molar-refractivity contribution in [2.45, 2.75) is 105 Å². The van der Waals surface area contributed by atoms with Crippen LogP contribution in [0.1, 0.15) is 101 Å². The molecule has 2 aromatic rings. The van der Waals surface area contributed by atoms with Crippen LogP contribution < -0.4 is 0 Å². The Morgan fingerprint density at radius 1 is 0.731 bits per heavy atom. The van der Waals surface area contributed by atoms with Gasteiger partial charge in [-0.2, -0.15) is 10.2 Å². The second kappa shape index (κ2) is 7.12. The molecule has 0 aliphatic carbocycles.